The minimum Gasteiger partial charge on any atom is -0.444 e. The van der Waals surface area contributed by atoms with Gasteiger partial charge in [-0.2, -0.15) is 0 Å². The van der Waals surface area contributed by atoms with Crippen molar-refractivity contribution in [3.8, 4) is 0 Å². The third-order valence-electron chi connectivity index (χ3n) is 2.73. The summed E-state index contributed by atoms with van der Waals surface area (Å²) in [4.78, 5) is 26.1. The molecule has 1 unspecified atom stereocenters. The molecule has 0 bridgehead atoms. The van der Waals surface area contributed by atoms with Crippen LogP contribution in [0.5, 0.6) is 0 Å². The first-order valence-electron chi connectivity index (χ1n) is 7.35. The SMILES string of the molecule is CCCC(NC(=O)OC(C)(C)C)C(=O)N(CC)c1nncs1. The minimum atomic E-state index is -0.635. The van der Waals surface area contributed by atoms with Gasteiger partial charge in [-0.05, 0) is 34.1 Å². The Labute approximate surface area is 135 Å². The second-order valence-electron chi connectivity index (χ2n) is 5.79. The van der Waals surface area contributed by atoms with Crippen molar-refractivity contribution in [3.63, 3.8) is 0 Å². The number of anilines is 1. The summed E-state index contributed by atoms with van der Waals surface area (Å²) >= 11 is 1.29. The maximum absolute atomic E-state index is 12.7. The van der Waals surface area contributed by atoms with E-state index in [2.05, 4.69) is 15.5 Å². The molecule has 0 saturated heterocycles. The van der Waals surface area contributed by atoms with Gasteiger partial charge in [-0.25, -0.2) is 4.79 Å². The van der Waals surface area contributed by atoms with Gasteiger partial charge in [0.05, 0.1) is 0 Å². The lowest BCUT2D eigenvalue weighted by Crippen LogP contribution is -2.49. The third kappa shape index (κ3) is 5.59. The van der Waals surface area contributed by atoms with Gasteiger partial charge in [0.2, 0.25) is 5.13 Å². The summed E-state index contributed by atoms with van der Waals surface area (Å²) in [6.07, 6.45) is 0.709. The fourth-order valence-corrected chi connectivity index (χ4v) is 2.48. The largest absolute Gasteiger partial charge is 0.444 e. The fourth-order valence-electron chi connectivity index (χ4n) is 1.85. The molecule has 8 heteroatoms. The quantitative estimate of drug-likeness (QED) is 0.867. The van der Waals surface area contributed by atoms with E-state index in [9.17, 15) is 9.59 Å². The zero-order valence-electron chi connectivity index (χ0n) is 13.8. The van der Waals surface area contributed by atoms with Crippen LogP contribution in [0.25, 0.3) is 0 Å². The molecule has 2 amide bonds. The molecule has 0 fully saturated rings. The van der Waals surface area contributed by atoms with Gasteiger partial charge in [0.25, 0.3) is 5.91 Å². The molecule has 7 nitrogen and oxygen atoms in total. The highest BCUT2D eigenvalue weighted by Gasteiger charge is 2.28. The van der Waals surface area contributed by atoms with Gasteiger partial charge >= 0.3 is 6.09 Å². The molecule has 1 aromatic heterocycles. The highest BCUT2D eigenvalue weighted by molar-refractivity contribution is 7.13. The van der Waals surface area contributed by atoms with E-state index in [0.717, 1.165) is 6.42 Å². The van der Waals surface area contributed by atoms with E-state index >= 15 is 0 Å². The number of carbonyl (C=O) groups is 2. The predicted molar refractivity (Wildman–Crippen MR) is 86.0 cm³/mol. The Morgan fingerprint density at radius 3 is 2.55 bits per heavy atom. The summed E-state index contributed by atoms with van der Waals surface area (Å²) in [7, 11) is 0. The molecular formula is C14H24N4O3S. The van der Waals surface area contributed by atoms with E-state index < -0.39 is 17.7 Å². The Hall–Kier alpha value is -1.70. The lowest BCUT2D eigenvalue weighted by atomic mass is 10.1. The number of nitrogens with one attached hydrogen (secondary N) is 1. The van der Waals surface area contributed by atoms with Crippen LogP contribution in [-0.2, 0) is 9.53 Å². The van der Waals surface area contributed by atoms with Crippen molar-refractivity contribution in [2.24, 2.45) is 0 Å². The Morgan fingerprint density at radius 1 is 1.41 bits per heavy atom. The summed E-state index contributed by atoms with van der Waals surface area (Å²) < 4.78 is 5.22. The number of rotatable bonds is 6. The summed E-state index contributed by atoms with van der Waals surface area (Å²) in [6.45, 7) is 9.62. The van der Waals surface area contributed by atoms with E-state index in [4.69, 9.17) is 4.74 Å². The molecule has 1 rings (SSSR count). The number of hydrogen-bond acceptors (Lipinski definition) is 6. The average molecular weight is 328 g/mol. The average Bonchev–Trinajstić information content (AvgIpc) is 2.90. The number of likely N-dealkylation sites (N-methyl/N-ethyl adjacent to an activating group) is 1. The first-order chi connectivity index (χ1) is 10.3. The van der Waals surface area contributed by atoms with Crippen molar-refractivity contribution in [2.75, 3.05) is 11.4 Å². The third-order valence-corrected chi connectivity index (χ3v) is 3.44. The Balaban J connectivity index is 2.80. The van der Waals surface area contributed by atoms with Gasteiger partial charge in [-0.1, -0.05) is 24.7 Å². The first kappa shape index (κ1) is 18.3. The first-order valence-corrected chi connectivity index (χ1v) is 8.23. The van der Waals surface area contributed by atoms with Crippen molar-refractivity contribution in [3.05, 3.63) is 5.51 Å². The smallest absolute Gasteiger partial charge is 0.408 e. The summed E-state index contributed by atoms with van der Waals surface area (Å²) in [6, 6.07) is -0.635. The van der Waals surface area contributed by atoms with Gasteiger partial charge in [0, 0.05) is 6.54 Å². The van der Waals surface area contributed by atoms with E-state index in [-0.39, 0.29) is 5.91 Å². The molecule has 124 valence electrons. The normalized spacial score (nSPS) is 12.6. The van der Waals surface area contributed by atoms with Crippen LogP contribution >= 0.6 is 11.3 Å². The summed E-state index contributed by atoms with van der Waals surface area (Å²) in [5.41, 5.74) is 0.967. The van der Waals surface area contributed by atoms with E-state index in [0.29, 0.717) is 18.1 Å². The predicted octanol–water partition coefficient (Wildman–Crippen LogP) is 2.58. The van der Waals surface area contributed by atoms with E-state index in [1.54, 1.807) is 26.3 Å². The highest BCUT2D eigenvalue weighted by Crippen LogP contribution is 2.18. The molecule has 0 aromatic carbocycles. The second kappa shape index (κ2) is 8.07. The molecule has 0 spiro atoms. The molecule has 1 N–H and O–H groups in total. The van der Waals surface area contributed by atoms with Gasteiger partial charge in [0.15, 0.2) is 0 Å². The molecule has 0 aliphatic heterocycles. The summed E-state index contributed by atoms with van der Waals surface area (Å²) in [5, 5.41) is 10.9. The zero-order chi connectivity index (χ0) is 16.8. The van der Waals surface area contributed by atoms with Crippen LogP contribution in [0.2, 0.25) is 0 Å². The van der Waals surface area contributed by atoms with Gasteiger partial charge in [-0.3, -0.25) is 9.69 Å². The maximum Gasteiger partial charge on any atom is 0.408 e. The molecule has 22 heavy (non-hydrogen) atoms. The molecular weight excluding hydrogens is 304 g/mol. The number of aromatic nitrogens is 2. The van der Waals surface area contributed by atoms with Crippen LogP contribution < -0.4 is 10.2 Å². The van der Waals surface area contributed by atoms with Crippen LogP contribution in [0.4, 0.5) is 9.93 Å². The number of ether oxygens (including phenoxy) is 1. The lowest BCUT2D eigenvalue weighted by Gasteiger charge is -2.26. The van der Waals surface area contributed by atoms with Crippen LogP contribution in [-0.4, -0.2) is 40.4 Å². The molecule has 0 aliphatic carbocycles. The van der Waals surface area contributed by atoms with Crippen LogP contribution in [0.3, 0.4) is 0 Å². The molecule has 0 aliphatic rings. The molecule has 1 aromatic rings. The van der Waals surface area contributed by atoms with Crippen molar-refractivity contribution < 1.29 is 14.3 Å². The maximum atomic E-state index is 12.7. The topological polar surface area (TPSA) is 84.4 Å². The van der Waals surface area contributed by atoms with Crippen LogP contribution in [0, 0.1) is 0 Å². The summed E-state index contributed by atoms with van der Waals surface area (Å²) in [5.74, 6) is -0.202. The highest BCUT2D eigenvalue weighted by atomic mass is 32.1. The van der Waals surface area contributed by atoms with Crippen molar-refractivity contribution >= 4 is 28.5 Å². The number of alkyl carbamates (subject to hydrolysis) is 1. The van der Waals surface area contributed by atoms with Crippen molar-refractivity contribution in [1.29, 1.82) is 0 Å². The standard InChI is InChI=1S/C14H24N4O3S/c1-6-8-10(16-13(20)21-14(3,4)5)11(19)18(7-2)12-17-15-9-22-12/h9-10H,6-8H2,1-5H3,(H,16,20). The van der Waals surface area contributed by atoms with Gasteiger partial charge in [-0.15, -0.1) is 10.2 Å². The molecule has 1 atom stereocenters. The van der Waals surface area contributed by atoms with Crippen LogP contribution in [0.1, 0.15) is 47.5 Å². The number of carbonyl (C=O) groups excluding carboxylic acids is 2. The number of hydrogen-bond donors (Lipinski definition) is 1. The second-order valence-corrected chi connectivity index (χ2v) is 6.60. The zero-order valence-corrected chi connectivity index (χ0v) is 14.6. The van der Waals surface area contributed by atoms with Gasteiger partial charge in [0.1, 0.15) is 17.2 Å². The van der Waals surface area contributed by atoms with E-state index in [1.807, 2.05) is 13.8 Å². The minimum absolute atomic E-state index is 0.202. The molecule has 1 heterocycles. The van der Waals surface area contributed by atoms with Crippen molar-refractivity contribution in [2.45, 2.75) is 59.1 Å². The Kier molecular flexibility index (Phi) is 6.73. The van der Waals surface area contributed by atoms with E-state index in [1.165, 1.54) is 16.2 Å². The Morgan fingerprint density at radius 2 is 2.09 bits per heavy atom. The van der Waals surface area contributed by atoms with Crippen molar-refractivity contribution in [1.82, 2.24) is 15.5 Å². The number of nitrogens with zero attached hydrogens (tertiary/aromatic N) is 3. The molecule has 0 radical (unpaired) electrons. The number of amides is 2. The lowest BCUT2D eigenvalue weighted by molar-refractivity contribution is -0.120. The van der Waals surface area contributed by atoms with Gasteiger partial charge < -0.3 is 10.1 Å². The Bertz CT molecular complexity index is 485. The monoisotopic (exact) mass is 328 g/mol. The van der Waals surface area contributed by atoms with Crippen LogP contribution in [0.15, 0.2) is 5.51 Å². The molecule has 0 saturated carbocycles. The fraction of sp³-hybridized carbons (Fsp3) is 0.714.